The van der Waals surface area contributed by atoms with E-state index >= 15 is 0 Å². The van der Waals surface area contributed by atoms with Gasteiger partial charge in [-0.3, -0.25) is 4.79 Å². The standard InChI is InChI=1S/C15H15BrN2O3/c1-20-12-7-6-10(8-13(12)21-2)9-17-15(19)11-4-3-5-14(16)18-11/h3-8H,9H2,1-2H3,(H,17,19). The second-order valence-electron chi connectivity index (χ2n) is 4.22. The molecule has 0 atom stereocenters. The molecule has 1 aromatic carbocycles. The monoisotopic (exact) mass is 350 g/mol. The van der Waals surface area contributed by atoms with Crippen LogP contribution in [0.15, 0.2) is 41.0 Å². The number of rotatable bonds is 5. The van der Waals surface area contributed by atoms with Crippen molar-refractivity contribution in [3.05, 3.63) is 52.3 Å². The normalized spacial score (nSPS) is 10.0. The highest BCUT2D eigenvalue weighted by Gasteiger charge is 2.09. The summed E-state index contributed by atoms with van der Waals surface area (Å²) in [4.78, 5) is 16.1. The van der Waals surface area contributed by atoms with Crippen molar-refractivity contribution in [2.75, 3.05) is 14.2 Å². The van der Waals surface area contributed by atoms with E-state index in [9.17, 15) is 4.79 Å². The lowest BCUT2D eigenvalue weighted by Gasteiger charge is -2.10. The maximum absolute atomic E-state index is 12.0. The Labute approximate surface area is 131 Å². The first-order valence-electron chi connectivity index (χ1n) is 6.25. The molecular formula is C15H15BrN2O3. The van der Waals surface area contributed by atoms with Crippen molar-refractivity contribution in [1.29, 1.82) is 0 Å². The maximum Gasteiger partial charge on any atom is 0.270 e. The van der Waals surface area contributed by atoms with Gasteiger partial charge >= 0.3 is 0 Å². The van der Waals surface area contributed by atoms with Crippen LogP contribution < -0.4 is 14.8 Å². The van der Waals surface area contributed by atoms with E-state index in [2.05, 4.69) is 26.2 Å². The highest BCUT2D eigenvalue weighted by atomic mass is 79.9. The Morgan fingerprint density at radius 2 is 1.95 bits per heavy atom. The molecule has 0 saturated heterocycles. The lowest BCUT2D eigenvalue weighted by Crippen LogP contribution is -2.23. The van der Waals surface area contributed by atoms with Crippen molar-refractivity contribution in [1.82, 2.24) is 10.3 Å². The zero-order chi connectivity index (χ0) is 15.2. The molecule has 0 aliphatic heterocycles. The number of hydrogen-bond donors (Lipinski definition) is 1. The number of halogens is 1. The average molecular weight is 351 g/mol. The molecule has 0 aliphatic rings. The van der Waals surface area contributed by atoms with Gasteiger partial charge in [0.15, 0.2) is 11.5 Å². The third-order valence-corrected chi connectivity index (χ3v) is 3.29. The summed E-state index contributed by atoms with van der Waals surface area (Å²) in [5, 5.41) is 2.81. The van der Waals surface area contributed by atoms with Crippen LogP contribution in [0.1, 0.15) is 16.1 Å². The molecule has 0 fully saturated rings. The van der Waals surface area contributed by atoms with Crippen molar-refractivity contribution in [2.24, 2.45) is 0 Å². The Morgan fingerprint density at radius 1 is 1.19 bits per heavy atom. The van der Waals surface area contributed by atoms with E-state index in [-0.39, 0.29) is 5.91 Å². The van der Waals surface area contributed by atoms with Crippen molar-refractivity contribution < 1.29 is 14.3 Å². The predicted octanol–water partition coefficient (Wildman–Crippen LogP) is 2.79. The molecule has 21 heavy (non-hydrogen) atoms. The Morgan fingerprint density at radius 3 is 2.62 bits per heavy atom. The molecular weight excluding hydrogens is 336 g/mol. The summed E-state index contributed by atoms with van der Waals surface area (Å²) in [6.45, 7) is 0.382. The molecule has 2 aromatic rings. The van der Waals surface area contributed by atoms with Crippen molar-refractivity contribution >= 4 is 21.8 Å². The van der Waals surface area contributed by atoms with Crippen LogP contribution in [0.3, 0.4) is 0 Å². The van der Waals surface area contributed by atoms with Gasteiger partial charge in [-0.2, -0.15) is 0 Å². The fourth-order valence-corrected chi connectivity index (χ4v) is 2.14. The van der Waals surface area contributed by atoms with Gasteiger partial charge in [-0.05, 0) is 45.8 Å². The summed E-state index contributed by atoms with van der Waals surface area (Å²) < 4.78 is 11.0. The lowest BCUT2D eigenvalue weighted by atomic mass is 10.2. The number of carbonyl (C=O) groups is 1. The Balaban J connectivity index is 2.04. The van der Waals surface area contributed by atoms with E-state index in [0.717, 1.165) is 5.56 Å². The molecule has 1 N–H and O–H groups in total. The third-order valence-electron chi connectivity index (χ3n) is 2.85. The SMILES string of the molecule is COc1ccc(CNC(=O)c2cccc(Br)n2)cc1OC. The molecule has 0 bridgehead atoms. The molecule has 1 heterocycles. The van der Waals surface area contributed by atoms with Crippen LogP contribution in [-0.4, -0.2) is 25.1 Å². The van der Waals surface area contributed by atoms with Crippen LogP contribution >= 0.6 is 15.9 Å². The third kappa shape index (κ3) is 3.95. The van der Waals surface area contributed by atoms with Crippen molar-refractivity contribution in [2.45, 2.75) is 6.54 Å². The minimum Gasteiger partial charge on any atom is -0.493 e. The van der Waals surface area contributed by atoms with Crippen LogP contribution in [0.5, 0.6) is 11.5 Å². The fourth-order valence-electron chi connectivity index (χ4n) is 1.80. The zero-order valence-corrected chi connectivity index (χ0v) is 13.3. The lowest BCUT2D eigenvalue weighted by molar-refractivity contribution is 0.0945. The molecule has 5 nitrogen and oxygen atoms in total. The van der Waals surface area contributed by atoms with Gasteiger partial charge in [0.25, 0.3) is 5.91 Å². The Kier molecular flexibility index (Phi) is 5.16. The Bertz CT molecular complexity index is 647. The van der Waals surface area contributed by atoms with Crippen LogP contribution in [-0.2, 0) is 6.54 Å². The number of amides is 1. The van der Waals surface area contributed by atoms with Crippen LogP contribution in [0, 0.1) is 0 Å². The van der Waals surface area contributed by atoms with Gasteiger partial charge in [-0.15, -0.1) is 0 Å². The first-order chi connectivity index (χ1) is 10.1. The largest absolute Gasteiger partial charge is 0.493 e. The van der Waals surface area contributed by atoms with Gasteiger partial charge in [0.2, 0.25) is 0 Å². The van der Waals surface area contributed by atoms with Crippen molar-refractivity contribution in [3.8, 4) is 11.5 Å². The Hall–Kier alpha value is -2.08. The van der Waals surface area contributed by atoms with E-state index in [1.807, 2.05) is 12.1 Å². The number of nitrogens with one attached hydrogen (secondary N) is 1. The van der Waals surface area contributed by atoms with Crippen LogP contribution in [0.2, 0.25) is 0 Å². The van der Waals surface area contributed by atoms with Gasteiger partial charge in [-0.1, -0.05) is 12.1 Å². The molecule has 1 aromatic heterocycles. The van der Waals surface area contributed by atoms with Crippen molar-refractivity contribution in [3.63, 3.8) is 0 Å². The summed E-state index contributed by atoms with van der Waals surface area (Å²) in [6.07, 6.45) is 0. The van der Waals surface area contributed by atoms with E-state index in [1.54, 1.807) is 38.5 Å². The summed E-state index contributed by atoms with van der Waals surface area (Å²) in [7, 11) is 3.16. The van der Waals surface area contributed by atoms with Gasteiger partial charge in [0.1, 0.15) is 10.3 Å². The molecule has 0 spiro atoms. The first-order valence-corrected chi connectivity index (χ1v) is 7.05. The number of hydrogen-bond acceptors (Lipinski definition) is 4. The molecule has 110 valence electrons. The average Bonchev–Trinajstić information content (AvgIpc) is 2.52. The molecule has 6 heteroatoms. The van der Waals surface area contributed by atoms with E-state index in [1.165, 1.54) is 0 Å². The highest BCUT2D eigenvalue weighted by Crippen LogP contribution is 2.27. The smallest absolute Gasteiger partial charge is 0.270 e. The number of methoxy groups -OCH3 is 2. The molecule has 0 unspecified atom stereocenters. The summed E-state index contributed by atoms with van der Waals surface area (Å²) >= 11 is 3.24. The zero-order valence-electron chi connectivity index (χ0n) is 11.7. The van der Waals surface area contributed by atoms with Crippen LogP contribution in [0.4, 0.5) is 0 Å². The molecule has 0 saturated carbocycles. The van der Waals surface area contributed by atoms with Gasteiger partial charge in [0, 0.05) is 6.54 Å². The number of nitrogens with zero attached hydrogens (tertiary/aromatic N) is 1. The van der Waals surface area contributed by atoms with E-state index < -0.39 is 0 Å². The molecule has 0 aliphatic carbocycles. The second-order valence-corrected chi connectivity index (χ2v) is 5.03. The molecule has 0 radical (unpaired) electrons. The molecule has 1 amide bonds. The number of benzene rings is 1. The first kappa shape index (κ1) is 15.3. The summed E-state index contributed by atoms with van der Waals surface area (Å²) in [5.74, 6) is 1.05. The minimum absolute atomic E-state index is 0.230. The topological polar surface area (TPSA) is 60.5 Å². The van der Waals surface area contributed by atoms with Gasteiger partial charge < -0.3 is 14.8 Å². The summed E-state index contributed by atoms with van der Waals surface area (Å²) in [6, 6.07) is 10.7. The van der Waals surface area contributed by atoms with Gasteiger partial charge in [0.05, 0.1) is 14.2 Å². The second kappa shape index (κ2) is 7.08. The van der Waals surface area contributed by atoms with Gasteiger partial charge in [-0.25, -0.2) is 4.98 Å². The molecule has 2 rings (SSSR count). The quantitative estimate of drug-likeness (QED) is 0.842. The number of carbonyl (C=O) groups excluding carboxylic acids is 1. The predicted molar refractivity (Wildman–Crippen MR) is 82.7 cm³/mol. The number of ether oxygens (including phenoxy) is 2. The van der Waals surface area contributed by atoms with Crippen LogP contribution in [0.25, 0.3) is 0 Å². The fraction of sp³-hybridized carbons (Fsp3) is 0.200. The maximum atomic E-state index is 12.0. The summed E-state index contributed by atoms with van der Waals surface area (Å²) in [5.41, 5.74) is 1.28. The van der Waals surface area contributed by atoms with E-state index in [0.29, 0.717) is 28.3 Å². The number of pyridine rings is 1. The van der Waals surface area contributed by atoms with E-state index in [4.69, 9.17) is 9.47 Å². The highest BCUT2D eigenvalue weighted by molar-refractivity contribution is 9.10. The number of aromatic nitrogens is 1. The minimum atomic E-state index is -0.230.